The summed E-state index contributed by atoms with van der Waals surface area (Å²) >= 11 is 5.97. The molecule has 0 aromatic heterocycles. The molecule has 0 N–H and O–H groups in total. The third kappa shape index (κ3) is 2.83. The lowest BCUT2D eigenvalue weighted by atomic mass is 9.95. The highest BCUT2D eigenvalue weighted by Gasteiger charge is 2.21. The minimum absolute atomic E-state index is 0.103. The van der Waals surface area contributed by atoms with Crippen LogP contribution in [0.3, 0.4) is 0 Å². The highest BCUT2D eigenvalue weighted by atomic mass is 35.5. The van der Waals surface area contributed by atoms with E-state index in [9.17, 15) is 9.59 Å². The van der Waals surface area contributed by atoms with Gasteiger partial charge in [0.15, 0.2) is 0 Å². The van der Waals surface area contributed by atoms with Crippen molar-refractivity contribution >= 4 is 23.9 Å². The van der Waals surface area contributed by atoms with E-state index in [1.807, 2.05) is 13.0 Å². The fourth-order valence-electron chi connectivity index (χ4n) is 1.43. The molecule has 0 radical (unpaired) electrons. The second kappa shape index (κ2) is 5.66. The zero-order valence-electron chi connectivity index (χ0n) is 9.20. The van der Waals surface area contributed by atoms with Crippen LogP contribution in [-0.2, 0) is 14.3 Å². The molecule has 0 heterocycles. The van der Waals surface area contributed by atoms with Gasteiger partial charge in [-0.05, 0) is 24.1 Å². The maximum Gasteiger partial charge on any atom is 0.313 e. The van der Waals surface area contributed by atoms with Crippen LogP contribution in [-0.4, -0.2) is 19.4 Å². The van der Waals surface area contributed by atoms with Crippen LogP contribution in [0.5, 0.6) is 0 Å². The Kier molecular flexibility index (Phi) is 4.50. The van der Waals surface area contributed by atoms with Gasteiger partial charge < -0.3 is 9.53 Å². The van der Waals surface area contributed by atoms with Crippen molar-refractivity contribution in [2.75, 3.05) is 7.11 Å². The average Bonchev–Trinajstić information content (AvgIpc) is 2.29. The van der Waals surface area contributed by atoms with E-state index in [0.717, 1.165) is 5.56 Å². The van der Waals surface area contributed by atoms with E-state index < -0.39 is 11.9 Å². The molecule has 1 aromatic carbocycles. The average molecular weight is 241 g/mol. The molecule has 1 rings (SSSR count). The first kappa shape index (κ1) is 12.7. The molecule has 1 unspecified atom stereocenters. The van der Waals surface area contributed by atoms with Crippen molar-refractivity contribution in [1.82, 2.24) is 0 Å². The van der Waals surface area contributed by atoms with Gasteiger partial charge in [-0.3, -0.25) is 4.79 Å². The Hall–Kier alpha value is -1.35. The third-order valence-corrected chi connectivity index (χ3v) is 2.82. The van der Waals surface area contributed by atoms with Crippen LogP contribution in [0, 0.1) is 6.92 Å². The van der Waals surface area contributed by atoms with Crippen LogP contribution in [0.15, 0.2) is 18.2 Å². The monoisotopic (exact) mass is 240 g/mol. The quantitative estimate of drug-likeness (QED) is 0.600. The van der Waals surface area contributed by atoms with Gasteiger partial charge in [-0.15, -0.1) is 0 Å². The SMILES string of the molecule is COC(=O)C(CC=O)c1ccc(C)c(Cl)c1. The van der Waals surface area contributed by atoms with Crippen molar-refractivity contribution in [3.05, 3.63) is 34.3 Å². The minimum Gasteiger partial charge on any atom is -0.469 e. The molecule has 0 bridgehead atoms. The summed E-state index contributed by atoms with van der Waals surface area (Å²) in [6.45, 7) is 1.87. The number of carbonyl (C=O) groups excluding carboxylic acids is 2. The van der Waals surface area contributed by atoms with Crippen LogP contribution in [0.2, 0.25) is 5.02 Å². The largest absolute Gasteiger partial charge is 0.469 e. The van der Waals surface area contributed by atoms with E-state index in [4.69, 9.17) is 11.6 Å². The van der Waals surface area contributed by atoms with Crippen molar-refractivity contribution < 1.29 is 14.3 Å². The first-order valence-electron chi connectivity index (χ1n) is 4.87. The standard InChI is InChI=1S/C12H13ClO3/c1-8-3-4-9(7-11(8)13)10(5-6-14)12(15)16-2/h3-4,6-7,10H,5H2,1-2H3. The van der Waals surface area contributed by atoms with Crippen molar-refractivity contribution in [1.29, 1.82) is 0 Å². The summed E-state index contributed by atoms with van der Waals surface area (Å²) in [7, 11) is 1.30. The van der Waals surface area contributed by atoms with E-state index >= 15 is 0 Å². The van der Waals surface area contributed by atoms with Gasteiger partial charge in [-0.2, -0.15) is 0 Å². The van der Waals surface area contributed by atoms with E-state index in [2.05, 4.69) is 4.74 Å². The Morgan fingerprint density at radius 1 is 1.56 bits per heavy atom. The van der Waals surface area contributed by atoms with Crippen LogP contribution < -0.4 is 0 Å². The van der Waals surface area contributed by atoms with Gasteiger partial charge in [0.2, 0.25) is 0 Å². The Balaban J connectivity index is 3.05. The van der Waals surface area contributed by atoms with E-state index in [-0.39, 0.29) is 6.42 Å². The van der Waals surface area contributed by atoms with Gasteiger partial charge in [0.25, 0.3) is 0 Å². The molecule has 0 saturated heterocycles. The second-order valence-electron chi connectivity index (χ2n) is 3.49. The summed E-state index contributed by atoms with van der Waals surface area (Å²) in [6, 6.07) is 5.30. The molecular formula is C12H13ClO3. The Labute approximate surface area is 99.4 Å². The van der Waals surface area contributed by atoms with Gasteiger partial charge in [0, 0.05) is 11.4 Å². The number of halogens is 1. The fraction of sp³-hybridized carbons (Fsp3) is 0.333. The molecular weight excluding hydrogens is 228 g/mol. The number of aldehydes is 1. The summed E-state index contributed by atoms with van der Waals surface area (Å²) in [5.41, 5.74) is 1.63. The first-order valence-corrected chi connectivity index (χ1v) is 5.25. The number of ether oxygens (including phenoxy) is 1. The van der Waals surface area contributed by atoms with Gasteiger partial charge in [0.05, 0.1) is 13.0 Å². The molecule has 0 fully saturated rings. The maximum atomic E-state index is 11.5. The topological polar surface area (TPSA) is 43.4 Å². The highest BCUT2D eigenvalue weighted by molar-refractivity contribution is 6.31. The van der Waals surface area contributed by atoms with E-state index in [1.54, 1.807) is 12.1 Å². The van der Waals surface area contributed by atoms with Crippen LogP contribution in [0.25, 0.3) is 0 Å². The minimum atomic E-state index is -0.569. The molecule has 86 valence electrons. The number of carbonyl (C=O) groups is 2. The molecule has 1 atom stereocenters. The zero-order valence-corrected chi connectivity index (χ0v) is 9.95. The molecule has 0 aliphatic carbocycles. The number of methoxy groups -OCH3 is 1. The third-order valence-electron chi connectivity index (χ3n) is 2.42. The van der Waals surface area contributed by atoms with Gasteiger partial charge in [-0.1, -0.05) is 23.7 Å². The van der Waals surface area contributed by atoms with Crippen molar-refractivity contribution in [3.8, 4) is 0 Å². The molecule has 0 saturated carbocycles. The predicted molar refractivity (Wildman–Crippen MR) is 61.6 cm³/mol. The molecule has 1 aromatic rings. The number of rotatable bonds is 4. The molecule has 0 spiro atoms. The summed E-state index contributed by atoms with van der Waals surface area (Å²) < 4.78 is 4.65. The predicted octanol–water partition coefficient (Wildman–Crippen LogP) is 2.49. The second-order valence-corrected chi connectivity index (χ2v) is 3.89. The molecule has 3 nitrogen and oxygen atoms in total. The molecule has 16 heavy (non-hydrogen) atoms. The number of esters is 1. The number of benzene rings is 1. The maximum absolute atomic E-state index is 11.5. The summed E-state index contributed by atoms with van der Waals surface area (Å²) in [5, 5.41) is 0.581. The molecule has 0 amide bonds. The van der Waals surface area contributed by atoms with Crippen molar-refractivity contribution in [2.45, 2.75) is 19.3 Å². The lowest BCUT2D eigenvalue weighted by Crippen LogP contribution is -2.14. The Bertz CT molecular complexity index is 401. The summed E-state index contributed by atoms with van der Waals surface area (Å²) in [4.78, 5) is 22.0. The van der Waals surface area contributed by atoms with Crippen LogP contribution in [0.4, 0.5) is 0 Å². The molecule has 0 aliphatic rings. The zero-order chi connectivity index (χ0) is 12.1. The lowest BCUT2D eigenvalue weighted by Gasteiger charge is -2.13. The smallest absolute Gasteiger partial charge is 0.313 e. The molecule has 4 heteroatoms. The van der Waals surface area contributed by atoms with Crippen LogP contribution >= 0.6 is 11.6 Å². The Morgan fingerprint density at radius 2 is 2.25 bits per heavy atom. The molecule has 0 aliphatic heterocycles. The van der Waals surface area contributed by atoms with E-state index in [1.165, 1.54) is 7.11 Å². The van der Waals surface area contributed by atoms with Crippen molar-refractivity contribution in [2.24, 2.45) is 0 Å². The van der Waals surface area contributed by atoms with Gasteiger partial charge in [0.1, 0.15) is 6.29 Å². The van der Waals surface area contributed by atoms with Crippen molar-refractivity contribution in [3.63, 3.8) is 0 Å². The first-order chi connectivity index (χ1) is 7.60. The Morgan fingerprint density at radius 3 is 2.75 bits per heavy atom. The highest BCUT2D eigenvalue weighted by Crippen LogP contribution is 2.25. The summed E-state index contributed by atoms with van der Waals surface area (Å²) in [5.74, 6) is -0.993. The van der Waals surface area contributed by atoms with E-state index in [0.29, 0.717) is 16.9 Å². The number of aryl methyl sites for hydroxylation is 1. The van der Waals surface area contributed by atoms with Crippen LogP contribution in [0.1, 0.15) is 23.5 Å². The van der Waals surface area contributed by atoms with Gasteiger partial charge >= 0.3 is 5.97 Å². The van der Waals surface area contributed by atoms with Gasteiger partial charge in [-0.25, -0.2) is 0 Å². The fourth-order valence-corrected chi connectivity index (χ4v) is 1.62. The number of hydrogen-bond acceptors (Lipinski definition) is 3. The normalized spacial score (nSPS) is 11.9. The lowest BCUT2D eigenvalue weighted by molar-refractivity contribution is -0.143. The number of hydrogen-bond donors (Lipinski definition) is 0. The summed E-state index contributed by atoms with van der Waals surface area (Å²) in [6.07, 6.45) is 0.807.